The zero-order valence-corrected chi connectivity index (χ0v) is 16.4. The quantitative estimate of drug-likeness (QED) is 0.558. The van der Waals surface area contributed by atoms with Gasteiger partial charge in [0.2, 0.25) is 11.8 Å². The molecule has 0 saturated carbocycles. The number of hydrogen-bond donors (Lipinski definition) is 2. The third-order valence-electron chi connectivity index (χ3n) is 4.40. The molecule has 0 aliphatic rings. The molecule has 5 nitrogen and oxygen atoms in total. The Morgan fingerprint density at radius 1 is 1.18 bits per heavy atom. The summed E-state index contributed by atoms with van der Waals surface area (Å²) in [6.45, 7) is 3.81. The van der Waals surface area contributed by atoms with Gasteiger partial charge in [-0.15, -0.1) is 0 Å². The van der Waals surface area contributed by atoms with Crippen molar-refractivity contribution in [1.82, 2.24) is 10.3 Å². The molecule has 0 saturated heterocycles. The molecule has 0 radical (unpaired) electrons. The molecule has 0 spiro atoms. The van der Waals surface area contributed by atoms with E-state index in [0.29, 0.717) is 22.2 Å². The minimum atomic E-state index is -0.530. The van der Waals surface area contributed by atoms with Gasteiger partial charge in [0.05, 0.1) is 10.6 Å². The molecule has 0 bridgehead atoms. The first-order valence-corrected chi connectivity index (χ1v) is 9.38. The van der Waals surface area contributed by atoms with E-state index >= 15 is 0 Å². The number of hydrogen-bond acceptors (Lipinski definition) is 4. The lowest BCUT2D eigenvalue weighted by Crippen LogP contribution is -2.17. The topological polar surface area (TPSA) is 77.2 Å². The fourth-order valence-corrected chi connectivity index (χ4v) is 2.99. The van der Waals surface area contributed by atoms with Crippen LogP contribution in [0.5, 0.6) is 11.6 Å². The number of benzene rings is 2. The van der Waals surface area contributed by atoms with Crippen LogP contribution in [0, 0.1) is 6.92 Å². The predicted octanol–water partition coefficient (Wildman–Crippen LogP) is 4.27. The fraction of sp³-hybridized carbons (Fsp3) is 0.182. The largest absolute Gasteiger partial charge is 0.437 e. The Hall–Kier alpha value is -2.89. The van der Waals surface area contributed by atoms with Crippen LogP contribution in [0.4, 0.5) is 0 Å². The highest BCUT2D eigenvalue weighted by Crippen LogP contribution is 2.29. The maximum atomic E-state index is 11.1. The van der Waals surface area contributed by atoms with Gasteiger partial charge in [-0.25, -0.2) is 4.98 Å². The van der Waals surface area contributed by atoms with Crippen LogP contribution in [-0.2, 0) is 13.0 Å². The van der Waals surface area contributed by atoms with Crippen molar-refractivity contribution in [2.24, 2.45) is 5.73 Å². The van der Waals surface area contributed by atoms with E-state index in [-0.39, 0.29) is 0 Å². The lowest BCUT2D eigenvalue weighted by molar-refractivity contribution is 0.1000. The number of aryl methyl sites for hydroxylation is 1. The summed E-state index contributed by atoms with van der Waals surface area (Å²) >= 11 is 6.34. The minimum absolute atomic E-state index is 0.326. The second-order valence-electron chi connectivity index (χ2n) is 6.47. The van der Waals surface area contributed by atoms with Crippen molar-refractivity contribution in [3.05, 3.63) is 88.1 Å². The molecule has 2 aromatic carbocycles. The third-order valence-corrected chi connectivity index (χ3v) is 4.69. The molecule has 0 atom stereocenters. The van der Waals surface area contributed by atoms with E-state index in [1.54, 1.807) is 12.1 Å². The van der Waals surface area contributed by atoms with Crippen LogP contribution >= 0.6 is 11.6 Å². The second kappa shape index (κ2) is 9.35. The van der Waals surface area contributed by atoms with Gasteiger partial charge in [0.15, 0.2) is 0 Å². The molecule has 3 aromatic rings. The summed E-state index contributed by atoms with van der Waals surface area (Å²) in [4.78, 5) is 15.1. The molecule has 1 aromatic heterocycles. The smallest absolute Gasteiger partial charge is 0.250 e. The lowest BCUT2D eigenvalue weighted by atomic mass is 10.1. The number of halogens is 1. The van der Waals surface area contributed by atoms with E-state index in [1.165, 1.54) is 17.3 Å². The van der Waals surface area contributed by atoms with Crippen LogP contribution in [0.25, 0.3) is 0 Å². The molecule has 1 amide bonds. The number of nitrogens with two attached hydrogens (primary N) is 1. The van der Waals surface area contributed by atoms with E-state index in [2.05, 4.69) is 35.4 Å². The Bertz CT molecular complexity index is 958. The Morgan fingerprint density at radius 2 is 2.00 bits per heavy atom. The molecule has 0 unspecified atom stereocenters. The molecule has 3 N–H and O–H groups in total. The molecule has 1 heterocycles. The van der Waals surface area contributed by atoms with E-state index < -0.39 is 5.91 Å². The molecule has 0 aliphatic heterocycles. The number of carbonyl (C=O) groups excluding carboxylic acids is 1. The van der Waals surface area contributed by atoms with Gasteiger partial charge in [-0.2, -0.15) is 0 Å². The minimum Gasteiger partial charge on any atom is -0.437 e. The van der Waals surface area contributed by atoms with E-state index in [9.17, 15) is 4.79 Å². The number of primary amides is 1. The van der Waals surface area contributed by atoms with Crippen molar-refractivity contribution in [2.45, 2.75) is 19.9 Å². The molecule has 6 heteroatoms. The Morgan fingerprint density at radius 3 is 2.68 bits per heavy atom. The van der Waals surface area contributed by atoms with Crippen LogP contribution < -0.4 is 15.8 Å². The molecule has 3 rings (SSSR count). The lowest BCUT2D eigenvalue weighted by Gasteiger charge is -2.10. The van der Waals surface area contributed by atoms with E-state index in [4.69, 9.17) is 22.1 Å². The summed E-state index contributed by atoms with van der Waals surface area (Å²) in [5, 5.41) is 3.97. The summed E-state index contributed by atoms with van der Waals surface area (Å²) in [6.07, 6.45) is 2.23. The van der Waals surface area contributed by atoms with Crippen molar-refractivity contribution < 1.29 is 9.53 Å². The number of aromatic nitrogens is 1. The van der Waals surface area contributed by atoms with Gasteiger partial charge in [-0.3, -0.25) is 4.79 Å². The van der Waals surface area contributed by atoms with Gasteiger partial charge < -0.3 is 15.8 Å². The molecular formula is C22H22ClN3O2. The average Bonchev–Trinajstić information content (AvgIpc) is 2.69. The standard InChI is InChI=1S/C22H22ClN3O2/c1-15-4-2-3-5-17(15)13-25-11-10-16-6-8-20(19(23)12-16)28-21-9-7-18(14-26-21)22(24)27/h2-9,12,14,25H,10-11,13H2,1H3,(H2,24,27). The summed E-state index contributed by atoms with van der Waals surface area (Å²) in [5.74, 6) is 0.328. The predicted molar refractivity (Wildman–Crippen MR) is 111 cm³/mol. The summed E-state index contributed by atoms with van der Waals surface area (Å²) in [5.41, 5.74) is 9.24. The van der Waals surface area contributed by atoms with E-state index in [1.807, 2.05) is 24.3 Å². The molecule has 28 heavy (non-hydrogen) atoms. The first-order chi connectivity index (χ1) is 13.5. The summed E-state index contributed by atoms with van der Waals surface area (Å²) in [6, 6.07) is 17.2. The number of amides is 1. The highest BCUT2D eigenvalue weighted by molar-refractivity contribution is 6.32. The SMILES string of the molecule is Cc1ccccc1CNCCc1ccc(Oc2ccc(C(N)=O)cn2)c(Cl)c1. The van der Waals surface area contributed by atoms with E-state index in [0.717, 1.165) is 25.1 Å². The molecule has 144 valence electrons. The maximum Gasteiger partial charge on any atom is 0.250 e. The number of nitrogens with one attached hydrogen (secondary N) is 1. The summed E-state index contributed by atoms with van der Waals surface area (Å²) < 4.78 is 5.68. The number of rotatable bonds is 8. The molecule has 0 aliphatic carbocycles. The van der Waals surface area contributed by atoms with Crippen LogP contribution in [0.15, 0.2) is 60.8 Å². The van der Waals surface area contributed by atoms with Crippen molar-refractivity contribution in [2.75, 3.05) is 6.54 Å². The molecule has 0 fully saturated rings. The fourth-order valence-electron chi connectivity index (χ4n) is 2.75. The van der Waals surface area contributed by atoms with Gasteiger partial charge in [0.1, 0.15) is 5.75 Å². The van der Waals surface area contributed by atoms with Gasteiger partial charge in [-0.05, 0) is 54.8 Å². The molecular weight excluding hydrogens is 374 g/mol. The van der Waals surface area contributed by atoms with Crippen LogP contribution in [0.2, 0.25) is 5.02 Å². The monoisotopic (exact) mass is 395 g/mol. The first-order valence-electron chi connectivity index (χ1n) is 9.00. The number of ether oxygens (including phenoxy) is 1. The number of nitrogens with zero attached hydrogens (tertiary/aromatic N) is 1. The zero-order chi connectivity index (χ0) is 19.9. The van der Waals surface area contributed by atoms with Crippen molar-refractivity contribution >= 4 is 17.5 Å². The highest BCUT2D eigenvalue weighted by atomic mass is 35.5. The first kappa shape index (κ1) is 19.9. The van der Waals surface area contributed by atoms with Crippen LogP contribution in [0.3, 0.4) is 0 Å². The zero-order valence-electron chi connectivity index (χ0n) is 15.6. The summed E-state index contributed by atoms with van der Waals surface area (Å²) in [7, 11) is 0. The van der Waals surface area contributed by atoms with Crippen molar-refractivity contribution in [3.8, 4) is 11.6 Å². The van der Waals surface area contributed by atoms with Gasteiger partial charge in [0, 0.05) is 18.8 Å². The second-order valence-corrected chi connectivity index (χ2v) is 6.88. The Balaban J connectivity index is 1.53. The van der Waals surface area contributed by atoms with Crippen LogP contribution in [0.1, 0.15) is 27.0 Å². The van der Waals surface area contributed by atoms with Crippen molar-refractivity contribution in [3.63, 3.8) is 0 Å². The highest BCUT2D eigenvalue weighted by Gasteiger charge is 2.07. The number of pyridine rings is 1. The maximum absolute atomic E-state index is 11.1. The van der Waals surface area contributed by atoms with Gasteiger partial charge in [0.25, 0.3) is 0 Å². The third kappa shape index (κ3) is 5.31. The Kier molecular flexibility index (Phi) is 6.63. The van der Waals surface area contributed by atoms with Crippen molar-refractivity contribution in [1.29, 1.82) is 0 Å². The number of carbonyl (C=O) groups is 1. The van der Waals surface area contributed by atoms with Crippen LogP contribution in [-0.4, -0.2) is 17.4 Å². The Labute approximate surface area is 169 Å². The normalized spacial score (nSPS) is 10.6. The average molecular weight is 396 g/mol. The van der Waals surface area contributed by atoms with Gasteiger partial charge in [-0.1, -0.05) is 41.9 Å². The van der Waals surface area contributed by atoms with Gasteiger partial charge >= 0.3 is 0 Å².